The maximum Gasteiger partial charge on any atom is 0.353 e. The van der Waals surface area contributed by atoms with Gasteiger partial charge in [-0.1, -0.05) is 0 Å². The summed E-state index contributed by atoms with van der Waals surface area (Å²) in [4.78, 5) is 10.4. The van der Waals surface area contributed by atoms with Gasteiger partial charge in [0.1, 0.15) is 0 Å². The lowest BCUT2D eigenvalue weighted by molar-refractivity contribution is -0.475. The predicted octanol–water partition coefficient (Wildman–Crippen LogP) is 1.97. The number of hydrogen-bond donors (Lipinski definition) is 0. The summed E-state index contributed by atoms with van der Waals surface area (Å²) in [6, 6.07) is 0. The van der Waals surface area contributed by atoms with Gasteiger partial charge in [-0.2, -0.15) is 9.88 Å². The second-order valence-corrected chi connectivity index (χ2v) is 2.35. The quantitative estimate of drug-likeness (QED) is 0.421. The minimum Gasteiger partial charge on any atom is -0.151 e. The van der Waals surface area contributed by atoms with Gasteiger partial charge < -0.3 is 0 Å². The van der Waals surface area contributed by atoms with Gasteiger partial charge in [-0.3, -0.25) is 0 Å². The molecule has 0 fully saturated rings. The molecule has 0 aliphatic carbocycles. The molecule has 9 heteroatoms. The van der Waals surface area contributed by atoms with E-state index in [0.717, 1.165) is 0 Å². The van der Waals surface area contributed by atoms with E-state index in [2.05, 4.69) is 19.8 Å². The van der Waals surface area contributed by atoms with Crippen molar-refractivity contribution in [2.45, 2.75) is 11.0 Å². The van der Waals surface area contributed by atoms with Crippen molar-refractivity contribution in [2.75, 3.05) is 0 Å². The van der Waals surface area contributed by atoms with Crippen molar-refractivity contribution < 1.29 is 37.9 Å². The maximum atomic E-state index is 11.3. The summed E-state index contributed by atoms with van der Waals surface area (Å²) in [5.41, 5.74) is 0. The molecule has 0 aromatic heterocycles. The van der Waals surface area contributed by atoms with Gasteiger partial charge in [0.05, 0.1) is 0 Å². The van der Waals surface area contributed by atoms with Crippen LogP contribution in [0.5, 0.6) is 0 Å². The monoisotopic (exact) mass is 244 g/mol. The van der Waals surface area contributed by atoms with E-state index in [0.29, 0.717) is 0 Å². The Balaban J connectivity index is 4.19. The molecule has 0 aromatic carbocycles. The van der Waals surface area contributed by atoms with Crippen LogP contribution >= 0.6 is 15.9 Å². The Morgan fingerprint density at radius 1 is 1.00 bits per heavy atom. The Bertz CT molecular complexity index is 106. The zero-order chi connectivity index (χ0) is 8.91. The van der Waals surface area contributed by atoms with E-state index >= 15 is 0 Å². The van der Waals surface area contributed by atoms with Crippen molar-refractivity contribution in [1.82, 2.24) is 0 Å². The van der Waals surface area contributed by atoms with Crippen LogP contribution in [-0.2, 0) is 19.8 Å². The average Bonchev–Trinajstić information content (AvgIpc) is 2.06. The smallest absolute Gasteiger partial charge is 0.151 e. The molecule has 0 atom stereocenters. The fourth-order valence-corrected chi connectivity index (χ4v) is 0.346. The molecular formula is C2HBrF4O4. The third-order valence-electron chi connectivity index (χ3n) is 0.654. The van der Waals surface area contributed by atoms with Gasteiger partial charge >= 0.3 is 11.0 Å². The molecule has 0 aromatic rings. The summed E-state index contributed by atoms with van der Waals surface area (Å²) in [7, 11) is 0. The lowest BCUT2D eigenvalue weighted by Gasteiger charge is -2.19. The highest BCUT2D eigenvalue weighted by Gasteiger charge is 2.47. The van der Waals surface area contributed by atoms with Gasteiger partial charge in [0.15, 0.2) is 0 Å². The predicted molar refractivity (Wildman–Crippen MR) is 24.2 cm³/mol. The first-order valence-corrected chi connectivity index (χ1v) is 2.77. The highest BCUT2D eigenvalue weighted by Crippen LogP contribution is 2.30. The first-order valence-electron chi connectivity index (χ1n) is 1.97. The molecule has 0 bridgehead atoms. The van der Waals surface area contributed by atoms with Crippen LogP contribution in [0, 0.1) is 0 Å². The van der Waals surface area contributed by atoms with Crippen LogP contribution in [0.25, 0.3) is 0 Å². The second-order valence-electron chi connectivity index (χ2n) is 1.25. The Morgan fingerprint density at radius 2 is 1.36 bits per heavy atom. The molecule has 0 spiro atoms. The molecule has 0 saturated heterocycles. The Kier molecular flexibility index (Phi) is 4.84. The molecule has 0 unspecified atom stereocenters. The zero-order valence-electron chi connectivity index (χ0n) is 4.60. The molecule has 68 valence electrons. The van der Waals surface area contributed by atoms with Gasteiger partial charge in [0, 0.05) is 0 Å². The second kappa shape index (κ2) is 4.83. The van der Waals surface area contributed by atoms with Crippen LogP contribution in [-0.4, -0.2) is 11.0 Å². The van der Waals surface area contributed by atoms with Crippen LogP contribution in [0.15, 0.2) is 0 Å². The van der Waals surface area contributed by atoms with E-state index in [1.165, 1.54) is 0 Å². The summed E-state index contributed by atoms with van der Waals surface area (Å²) < 4.78 is 41.7. The topological polar surface area (TPSA) is 36.9 Å². The molecule has 4 nitrogen and oxygen atoms in total. The van der Waals surface area contributed by atoms with Crippen molar-refractivity contribution in [1.29, 1.82) is 0 Å². The van der Waals surface area contributed by atoms with Crippen LogP contribution in [0.1, 0.15) is 0 Å². The van der Waals surface area contributed by atoms with E-state index in [1.807, 2.05) is 15.9 Å². The molecular weight excluding hydrogens is 244 g/mol. The van der Waals surface area contributed by atoms with Gasteiger partial charge in [0.2, 0.25) is 0 Å². The number of hydrogen-bond acceptors (Lipinski definition) is 4. The summed E-state index contributed by atoms with van der Waals surface area (Å²) in [6.45, 7) is 0. The molecule has 0 amide bonds. The fraction of sp³-hybridized carbons (Fsp3) is 1.00. The first-order chi connectivity index (χ1) is 5.14. The van der Waals surface area contributed by atoms with Gasteiger partial charge in [-0.25, -0.2) is 0 Å². The Hall–Kier alpha value is 0.0400. The van der Waals surface area contributed by atoms with Crippen molar-refractivity contribution in [3.8, 4) is 0 Å². The van der Waals surface area contributed by atoms with Crippen LogP contribution in [0.4, 0.5) is 18.1 Å². The van der Waals surface area contributed by atoms with E-state index in [4.69, 9.17) is 0 Å². The molecule has 0 aliphatic rings. The van der Waals surface area contributed by atoms with Gasteiger partial charge in [-0.15, -0.1) is 9.88 Å². The molecule has 0 radical (unpaired) electrons. The van der Waals surface area contributed by atoms with Crippen LogP contribution in [0.3, 0.4) is 0 Å². The molecule has 0 saturated carbocycles. The summed E-state index contributed by atoms with van der Waals surface area (Å²) in [6.07, 6.45) is -2.68. The van der Waals surface area contributed by atoms with Crippen molar-refractivity contribution >= 4 is 15.9 Å². The average molecular weight is 245 g/mol. The van der Waals surface area contributed by atoms with Crippen molar-refractivity contribution in [3.05, 3.63) is 0 Å². The van der Waals surface area contributed by atoms with Gasteiger partial charge in [0.25, 0.3) is 0 Å². The minimum absolute atomic E-state index is 1.95. The fourth-order valence-electron chi connectivity index (χ4n) is 0.205. The normalized spacial score (nSPS) is 12.5. The van der Waals surface area contributed by atoms with E-state index < -0.39 is 11.0 Å². The Labute approximate surface area is 65.7 Å². The molecule has 0 heterocycles. The van der Waals surface area contributed by atoms with Crippen molar-refractivity contribution in [3.63, 3.8) is 0 Å². The van der Waals surface area contributed by atoms with Gasteiger partial charge in [-0.05, 0) is 34.0 Å². The lowest BCUT2D eigenvalue weighted by atomic mass is 10.6. The molecule has 0 aliphatic heterocycles. The highest BCUT2D eigenvalue weighted by atomic mass is 79.9. The third-order valence-corrected chi connectivity index (χ3v) is 1.27. The van der Waals surface area contributed by atoms with Crippen molar-refractivity contribution in [2.24, 2.45) is 0 Å². The standard InChI is InChI=1S/C2HBrF4O4/c3-2(10-6,11-7)1(8-4)9-5/h1H. The Morgan fingerprint density at radius 3 is 1.45 bits per heavy atom. The third kappa shape index (κ3) is 2.52. The van der Waals surface area contributed by atoms with E-state index in [-0.39, 0.29) is 0 Å². The lowest BCUT2D eigenvalue weighted by Crippen LogP contribution is -2.39. The summed E-state index contributed by atoms with van der Waals surface area (Å²) in [5.74, 6) is 0. The number of rotatable bonds is 5. The van der Waals surface area contributed by atoms with E-state index in [1.54, 1.807) is 0 Å². The summed E-state index contributed by atoms with van der Waals surface area (Å²) >= 11 is 1.95. The SMILES string of the molecule is FOC(OF)C(Br)(OF)OF. The number of alkyl halides is 1. The maximum absolute atomic E-state index is 11.3. The minimum atomic E-state index is -3.11. The summed E-state index contributed by atoms with van der Waals surface area (Å²) in [5, 5.41) is 0. The first kappa shape index (κ1) is 11.0. The molecule has 0 N–H and O–H groups in total. The van der Waals surface area contributed by atoms with Crippen LogP contribution < -0.4 is 0 Å². The van der Waals surface area contributed by atoms with E-state index in [9.17, 15) is 18.1 Å². The van der Waals surface area contributed by atoms with Crippen LogP contribution in [0.2, 0.25) is 0 Å². The number of halogens is 5. The molecule has 11 heavy (non-hydrogen) atoms. The zero-order valence-corrected chi connectivity index (χ0v) is 6.19. The molecule has 0 rings (SSSR count). The largest absolute Gasteiger partial charge is 0.353 e. The highest BCUT2D eigenvalue weighted by molar-refractivity contribution is 9.10.